The largest absolute Gasteiger partial charge is 0.490 e. The van der Waals surface area contributed by atoms with Crippen LogP contribution in [0, 0.1) is 0 Å². The number of pyridine rings is 1. The number of carbonyl (C=O) groups excluding carboxylic acids is 1. The summed E-state index contributed by atoms with van der Waals surface area (Å²) in [5.74, 6) is 1.05. The van der Waals surface area contributed by atoms with Crippen LogP contribution in [0.15, 0.2) is 42.7 Å². The van der Waals surface area contributed by atoms with Gasteiger partial charge in [0, 0.05) is 29.6 Å². The highest BCUT2D eigenvalue weighted by Gasteiger charge is 2.12. The summed E-state index contributed by atoms with van der Waals surface area (Å²) in [6, 6.07) is 9.09. The topological polar surface area (TPSA) is 60.5 Å². The zero-order valence-corrected chi connectivity index (χ0v) is 13.7. The normalized spacial score (nSPS) is 10.4. The summed E-state index contributed by atoms with van der Waals surface area (Å²) >= 11 is 0. The van der Waals surface area contributed by atoms with Crippen molar-refractivity contribution in [2.75, 3.05) is 6.61 Å². The van der Waals surface area contributed by atoms with Crippen LogP contribution in [0.25, 0.3) is 0 Å². The minimum Gasteiger partial charge on any atom is -0.490 e. The predicted octanol–water partition coefficient (Wildman–Crippen LogP) is 3.20. The maximum atomic E-state index is 12.1. The summed E-state index contributed by atoms with van der Waals surface area (Å²) in [5.41, 5.74) is 1.52. The number of ether oxygens (including phenoxy) is 2. The van der Waals surface area contributed by atoms with Crippen LogP contribution in [-0.2, 0) is 6.61 Å². The molecule has 0 unspecified atom stereocenters. The molecule has 0 aliphatic carbocycles. The summed E-state index contributed by atoms with van der Waals surface area (Å²) in [7, 11) is 0. The number of carbonyl (C=O) groups is 1. The van der Waals surface area contributed by atoms with Crippen LogP contribution in [0.1, 0.15) is 36.7 Å². The van der Waals surface area contributed by atoms with Crippen molar-refractivity contribution in [1.82, 2.24) is 10.3 Å². The lowest BCUT2D eigenvalue weighted by Crippen LogP contribution is -2.30. The lowest BCUT2D eigenvalue weighted by atomic mass is 10.1. The van der Waals surface area contributed by atoms with E-state index in [4.69, 9.17) is 9.47 Å². The monoisotopic (exact) mass is 314 g/mol. The molecule has 1 aromatic carbocycles. The molecule has 1 amide bonds. The third-order valence-corrected chi connectivity index (χ3v) is 3.04. The van der Waals surface area contributed by atoms with Gasteiger partial charge in [-0.3, -0.25) is 9.78 Å². The van der Waals surface area contributed by atoms with E-state index in [1.807, 2.05) is 32.9 Å². The number of nitrogens with one attached hydrogen (secondary N) is 1. The summed E-state index contributed by atoms with van der Waals surface area (Å²) < 4.78 is 11.4. The van der Waals surface area contributed by atoms with Gasteiger partial charge in [-0.2, -0.15) is 0 Å². The van der Waals surface area contributed by atoms with Crippen molar-refractivity contribution >= 4 is 5.91 Å². The third-order valence-electron chi connectivity index (χ3n) is 3.04. The second kappa shape index (κ2) is 8.17. The standard InChI is InChI=1S/C18H22N2O3/c1-4-22-17-10-15(18(21)20-13(2)3)7-8-16(17)23-12-14-6-5-9-19-11-14/h5-11,13H,4,12H2,1-3H3,(H,20,21). The molecule has 2 rings (SSSR count). The van der Waals surface area contributed by atoms with E-state index < -0.39 is 0 Å². The van der Waals surface area contributed by atoms with Crippen molar-refractivity contribution in [3.63, 3.8) is 0 Å². The van der Waals surface area contributed by atoms with Crippen LogP contribution in [-0.4, -0.2) is 23.5 Å². The lowest BCUT2D eigenvalue weighted by Gasteiger charge is -2.14. The van der Waals surface area contributed by atoms with Crippen LogP contribution in [0.5, 0.6) is 11.5 Å². The molecule has 5 nitrogen and oxygen atoms in total. The van der Waals surface area contributed by atoms with Gasteiger partial charge in [-0.15, -0.1) is 0 Å². The molecule has 0 aliphatic heterocycles. The SMILES string of the molecule is CCOc1cc(C(=O)NC(C)C)ccc1OCc1cccnc1. The van der Waals surface area contributed by atoms with Gasteiger partial charge in [0.15, 0.2) is 11.5 Å². The fraction of sp³-hybridized carbons (Fsp3) is 0.333. The molecule has 0 saturated carbocycles. The summed E-state index contributed by atoms with van der Waals surface area (Å²) in [5, 5.41) is 2.86. The Morgan fingerprint density at radius 2 is 2.04 bits per heavy atom. The fourth-order valence-corrected chi connectivity index (χ4v) is 2.03. The van der Waals surface area contributed by atoms with Crippen molar-refractivity contribution in [3.8, 4) is 11.5 Å². The van der Waals surface area contributed by atoms with E-state index in [1.165, 1.54) is 0 Å². The van der Waals surface area contributed by atoms with Gasteiger partial charge >= 0.3 is 0 Å². The van der Waals surface area contributed by atoms with Crippen molar-refractivity contribution in [2.45, 2.75) is 33.4 Å². The van der Waals surface area contributed by atoms with Gasteiger partial charge in [0.2, 0.25) is 0 Å². The van der Waals surface area contributed by atoms with E-state index in [9.17, 15) is 4.79 Å². The number of hydrogen-bond acceptors (Lipinski definition) is 4. The molecule has 5 heteroatoms. The van der Waals surface area contributed by atoms with Crippen molar-refractivity contribution in [3.05, 3.63) is 53.9 Å². The predicted molar refractivity (Wildman–Crippen MR) is 88.8 cm³/mol. The molecule has 0 spiro atoms. The third kappa shape index (κ3) is 4.98. The molecule has 0 radical (unpaired) electrons. The molecular formula is C18H22N2O3. The van der Waals surface area contributed by atoms with Gasteiger partial charge in [0.25, 0.3) is 5.91 Å². The highest BCUT2D eigenvalue weighted by atomic mass is 16.5. The molecule has 0 saturated heterocycles. The average Bonchev–Trinajstić information content (AvgIpc) is 2.54. The van der Waals surface area contributed by atoms with E-state index in [0.29, 0.717) is 30.3 Å². The van der Waals surface area contributed by atoms with Crippen LogP contribution in [0.4, 0.5) is 0 Å². The van der Waals surface area contributed by atoms with Crippen LogP contribution >= 0.6 is 0 Å². The smallest absolute Gasteiger partial charge is 0.251 e. The molecule has 1 heterocycles. The van der Waals surface area contributed by atoms with Crippen LogP contribution in [0.2, 0.25) is 0 Å². The molecule has 0 bridgehead atoms. The average molecular weight is 314 g/mol. The minimum atomic E-state index is -0.125. The first kappa shape index (κ1) is 16.8. The van der Waals surface area contributed by atoms with Crippen LogP contribution < -0.4 is 14.8 Å². The number of rotatable bonds is 7. The molecule has 23 heavy (non-hydrogen) atoms. The van der Waals surface area contributed by atoms with E-state index in [0.717, 1.165) is 5.56 Å². The highest BCUT2D eigenvalue weighted by molar-refractivity contribution is 5.95. The van der Waals surface area contributed by atoms with E-state index in [2.05, 4.69) is 10.3 Å². The highest BCUT2D eigenvalue weighted by Crippen LogP contribution is 2.29. The van der Waals surface area contributed by atoms with Gasteiger partial charge in [0.1, 0.15) is 6.61 Å². The second-order valence-electron chi connectivity index (χ2n) is 5.37. The maximum Gasteiger partial charge on any atom is 0.251 e. The first-order valence-electron chi connectivity index (χ1n) is 7.69. The van der Waals surface area contributed by atoms with Crippen molar-refractivity contribution < 1.29 is 14.3 Å². The van der Waals surface area contributed by atoms with Gasteiger partial charge < -0.3 is 14.8 Å². The molecule has 122 valence electrons. The number of benzene rings is 1. The Morgan fingerprint density at radius 3 is 2.70 bits per heavy atom. The fourth-order valence-electron chi connectivity index (χ4n) is 2.03. The molecule has 1 aromatic heterocycles. The quantitative estimate of drug-likeness (QED) is 0.852. The summed E-state index contributed by atoms with van der Waals surface area (Å²) in [6.07, 6.45) is 3.47. The molecular weight excluding hydrogens is 292 g/mol. The first-order chi connectivity index (χ1) is 11.1. The maximum absolute atomic E-state index is 12.1. The second-order valence-corrected chi connectivity index (χ2v) is 5.37. The Morgan fingerprint density at radius 1 is 1.22 bits per heavy atom. The zero-order chi connectivity index (χ0) is 16.7. The van der Waals surface area contributed by atoms with Crippen molar-refractivity contribution in [1.29, 1.82) is 0 Å². The van der Waals surface area contributed by atoms with Crippen molar-refractivity contribution in [2.24, 2.45) is 0 Å². The van der Waals surface area contributed by atoms with E-state index >= 15 is 0 Å². The van der Waals surface area contributed by atoms with E-state index in [1.54, 1.807) is 30.6 Å². The molecule has 0 fully saturated rings. The summed E-state index contributed by atoms with van der Waals surface area (Å²) in [6.45, 7) is 6.63. The molecule has 1 N–H and O–H groups in total. The number of amides is 1. The Kier molecular flexibility index (Phi) is 5.97. The first-order valence-corrected chi connectivity index (χ1v) is 7.69. The van der Waals surface area contributed by atoms with Gasteiger partial charge in [0.05, 0.1) is 6.61 Å². The number of nitrogens with zero attached hydrogens (tertiary/aromatic N) is 1. The number of hydrogen-bond donors (Lipinski definition) is 1. The molecule has 2 aromatic rings. The minimum absolute atomic E-state index is 0.0829. The van der Waals surface area contributed by atoms with Gasteiger partial charge in [-0.05, 0) is 45.0 Å². The Hall–Kier alpha value is -2.56. The van der Waals surface area contributed by atoms with E-state index in [-0.39, 0.29) is 11.9 Å². The Balaban J connectivity index is 2.14. The lowest BCUT2D eigenvalue weighted by molar-refractivity contribution is 0.0942. The van der Waals surface area contributed by atoms with Crippen LogP contribution in [0.3, 0.4) is 0 Å². The Labute approximate surface area is 136 Å². The molecule has 0 aliphatic rings. The van der Waals surface area contributed by atoms with Gasteiger partial charge in [-0.1, -0.05) is 6.07 Å². The summed E-state index contributed by atoms with van der Waals surface area (Å²) in [4.78, 5) is 16.1. The Bertz CT molecular complexity index is 642. The molecule has 0 atom stereocenters. The zero-order valence-electron chi connectivity index (χ0n) is 13.7. The van der Waals surface area contributed by atoms with Gasteiger partial charge in [-0.25, -0.2) is 0 Å². The number of aromatic nitrogens is 1.